The van der Waals surface area contributed by atoms with E-state index in [9.17, 15) is 4.79 Å². The number of ether oxygens (including phenoxy) is 1. The van der Waals surface area contributed by atoms with E-state index in [1.54, 1.807) is 49.5 Å². The van der Waals surface area contributed by atoms with Gasteiger partial charge in [0.2, 0.25) is 5.88 Å². The summed E-state index contributed by atoms with van der Waals surface area (Å²) >= 11 is 0. The smallest absolute Gasteiger partial charge is 0.260 e. The highest BCUT2D eigenvalue weighted by Gasteiger charge is 2.13. The van der Waals surface area contributed by atoms with Gasteiger partial charge in [-0.2, -0.15) is 0 Å². The SMILES string of the molecule is Cc1oncc1C(=O)Nc1ccc(Oc2ccc(-n3ccnc3C)nn2)cc1. The van der Waals surface area contributed by atoms with Gasteiger partial charge in [0.25, 0.3) is 5.91 Å². The lowest BCUT2D eigenvalue weighted by Gasteiger charge is -2.08. The summed E-state index contributed by atoms with van der Waals surface area (Å²) in [7, 11) is 0. The number of rotatable bonds is 5. The Labute approximate surface area is 160 Å². The number of benzene rings is 1. The van der Waals surface area contributed by atoms with Crippen molar-refractivity contribution in [3.63, 3.8) is 0 Å². The van der Waals surface area contributed by atoms with Crippen LogP contribution in [0.1, 0.15) is 21.9 Å². The van der Waals surface area contributed by atoms with Gasteiger partial charge in [0.05, 0.1) is 6.20 Å². The van der Waals surface area contributed by atoms with Crippen LogP contribution in [0.15, 0.2) is 59.5 Å². The molecule has 9 nitrogen and oxygen atoms in total. The Hall–Kier alpha value is -4.01. The lowest BCUT2D eigenvalue weighted by molar-refractivity contribution is 0.102. The van der Waals surface area contributed by atoms with Crippen molar-refractivity contribution in [3.05, 3.63) is 72.1 Å². The van der Waals surface area contributed by atoms with Crippen LogP contribution in [0.4, 0.5) is 5.69 Å². The van der Waals surface area contributed by atoms with Gasteiger partial charge < -0.3 is 14.6 Å². The van der Waals surface area contributed by atoms with Gasteiger partial charge in [0.1, 0.15) is 22.9 Å². The Bertz CT molecular complexity index is 1100. The molecule has 0 unspecified atom stereocenters. The molecule has 3 heterocycles. The van der Waals surface area contributed by atoms with Crippen LogP contribution >= 0.6 is 0 Å². The number of carbonyl (C=O) groups excluding carboxylic acids is 1. The molecule has 0 aliphatic carbocycles. The second kappa shape index (κ2) is 7.31. The van der Waals surface area contributed by atoms with E-state index >= 15 is 0 Å². The van der Waals surface area contributed by atoms with E-state index in [0.717, 1.165) is 5.82 Å². The van der Waals surface area contributed by atoms with Gasteiger partial charge in [-0.05, 0) is 44.2 Å². The van der Waals surface area contributed by atoms with Crippen molar-refractivity contribution >= 4 is 11.6 Å². The van der Waals surface area contributed by atoms with Gasteiger partial charge in [-0.15, -0.1) is 10.2 Å². The van der Waals surface area contributed by atoms with E-state index in [1.807, 2.05) is 17.7 Å². The van der Waals surface area contributed by atoms with Gasteiger partial charge in [0, 0.05) is 24.1 Å². The zero-order valence-corrected chi connectivity index (χ0v) is 15.2. The molecule has 0 aliphatic rings. The third kappa shape index (κ3) is 3.58. The number of amides is 1. The average molecular weight is 376 g/mol. The van der Waals surface area contributed by atoms with E-state index < -0.39 is 0 Å². The first-order chi connectivity index (χ1) is 13.6. The highest BCUT2D eigenvalue weighted by molar-refractivity contribution is 6.04. The summed E-state index contributed by atoms with van der Waals surface area (Å²) in [6, 6.07) is 10.4. The van der Waals surface area contributed by atoms with Crippen molar-refractivity contribution in [1.29, 1.82) is 0 Å². The summed E-state index contributed by atoms with van der Waals surface area (Å²) in [5.41, 5.74) is 1.01. The average Bonchev–Trinajstić information content (AvgIpc) is 3.32. The number of hydrogen-bond acceptors (Lipinski definition) is 7. The molecular weight excluding hydrogens is 360 g/mol. The fourth-order valence-corrected chi connectivity index (χ4v) is 2.56. The molecule has 0 aliphatic heterocycles. The second-order valence-electron chi connectivity index (χ2n) is 5.95. The minimum atomic E-state index is -0.288. The maximum atomic E-state index is 12.2. The zero-order chi connectivity index (χ0) is 19.5. The van der Waals surface area contributed by atoms with Gasteiger partial charge >= 0.3 is 0 Å². The molecule has 1 aromatic carbocycles. The van der Waals surface area contributed by atoms with E-state index in [-0.39, 0.29) is 5.91 Å². The molecule has 4 rings (SSSR count). The highest BCUT2D eigenvalue weighted by Crippen LogP contribution is 2.22. The number of nitrogens with zero attached hydrogens (tertiary/aromatic N) is 5. The second-order valence-corrected chi connectivity index (χ2v) is 5.95. The van der Waals surface area contributed by atoms with Crippen LogP contribution in [0.25, 0.3) is 5.82 Å². The van der Waals surface area contributed by atoms with Crippen LogP contribution in [-0.2, 0) is 0 Å². The molecule has 0 spiro atoms. The molecule has 0 atom stereocenters. The molecular formula is C19H16N6O3. The predicted molar refractivity (Wildman–Crippen MR) is 99.6 cm³/mol. The number of carbonyl (C=O) groups is 1. The summed E-state index contributed by atoms with van der Waals surface area (Å²) in [5, 5.41) is 14.6. The Morgan fingerprint density at radius 1 is 1.11 bits per heavy atom. The molecule has 0 saturated heterocycles. The number of aromatic nitrogens is 5. The van der Waals surface area contributed by atoms with E-state index in [0.29, 0.717) is 34.5 Å². The molecule has 0 radical (unpaired) electrons. The Balaban J connectivity index is 1.41. The lowest BCUT2D eigenvalue weighted by atomic mass is 10.2. The first-order valence-electron chi connectivity index (χ1n) is 8.45. The standard InChI is InChI=1S/C19H16N6O3/c1-12-16(11-21-28-12)19(26)22-14-3-5-15(6-4-14)27-18-8-7-17(23-24-18)25-10-9-20-13(25)2/h3-11H,1-2H3,(H,22,26). The minimum absolute atomic E-state index is 0.288. The molecule has 4 aromatic rings. The van der Waals surface area contributed by atoms with Crippen molar-refractivity contribution in [2.45, 2.75) is 13.8 Å². The largest absolute Gasteiger partial charge is 0.438 e. The van der Waals surface area contributed by atoms with Crippen molar-refractivity contribution in [2.24, 2.45) is 0 Å². The van der Waals surface area contributed by atoms with Crippen molar-refractivity contribution in [3.8, 4) is 17.4 Å². The molecule has 28 heavy (non-hydrogen) atoms. The molecule has 140 valence electrons. The third-order valence-electron chi connectivity index (χ3n) is 4.03. The maximum absolute atomic E-state index is 12.2. The number of hydrogen-bond donors (Lipinski definition) is 1. The summed E-state index contributed by atoms with van der Waals surface area (Å²) in [6.45, 7) is 3.57. The molecule has 1 N–H and O–H groups in total. The highest BCUT2D eigenvalue weighted by atomic mass is 16.5. The van der Waals surface area contributed by atoms with Crippen LogP contribution in [-0.4, -0.2) is 30.8 Å². The molecule has 9 heteroatoms. The van der Waals surface area contributed by atoms with Crippen molar-refractivity contribution in [1.82, 2.24) is 24.9 Å². The Morgan fingerprint density at radius 3 is 2.54 bits per heavy atom. The van der Waals surface area contributed by atoms with Crippen LogP contribution in [0.2, 0.25) is 0 Å². The van der Waals surface area contributed by atoms with E-state index in [4.69, 9.17) is 9.26 Å². The number of anilines is 1. The summed E-state index contributed by atoms with van der Waals surface area (Å²) < 4.78 is 12.4. The van der Waals surface area contributed by atoms with E-state index in [1.165, 1.54) is 6.20 Å². The van der Waals surface area contributed by atoms with Crippen LogP contribution in [0.5, 0.6) is 11.6 Å². The Kier molecular flexibility index (Phi) is 4.55. The van der Waals surface area contributed by atoms with Gasteiger partial charge in [-0.3, -0.25) is 9.36 Å². The Morgan fingerprint density at radius 2 is 1.93 bits per heavy atom. The first kappa shape index (κ1) is 17.4. The fourth-order valence-electron chi connectivity index (χ4n) is 2.56. The first-order valence-corrected chi connectivity index (χ1v) is 8.45. The molecule has 0 fully saturated rings. The molecule has 0 bridgehead atoms. The topological polar surface area (TPSA) is 108 Å². The van der Waals surface area contributed by atoms with Crippen LogP contribution in [0, 0.1) is 13.8 Å². The predicted octanol–water partition coefficient (Wildman–Crippen LogP) is 3.31. The minimum Gasteiger partial charge on any atom is -0.438 e. The quantitative estimate of drug-likeness (QED) is 0.569. The van der Waals surface area contributed by atoms with Crippen LogP contribution < -0.4 is 10.1 Å². The fraction of sp³-hybridized carbons (Fsp3) is 0.105. The number of imidazole rings is 1. The lowest BCUT2D eigenvalue weighted by Crippen LogP contribution is -2.11. The van der Waals surface area contributed by atoms with Gasteiger partial charge in [-0.1, -0.05) is 5.16 Å². The van der Waals surface area contributed by atoms with Crippen molar-refractivity contribution in [2.75, 3.05) is 5.32 Å². The molecule has 3 aromatic heterocycles. The van der Waals surface area contributed by atoms with Crippen LogP contribution in [0.3, 0.4) is 0 Å². The monoisotopic (exact) mass is 376 g/mol. The molecule has 0 saturated carbocycles. The number of aryl methyl sites for hydroxylation is 2. The summed E-state index contributed by atoms with van der Waals surface area (Å²) in [6.07, 6.45) is 4.90. The van der Waals surface area contributed by atoms with E-state index in [2.05, 4.69) is 25.7 Å². The summed E-state index contributed by atoms with van der Waals surface area (Å²) in [4.78, 5) is 16.3. The normalized spacial score (nSPS) is 10.6. The van der Waals surface area contributed by atoms with Gasteiger partial charge in [0.15, 0.2) is 5.82 Å². The van der Waals surface area contributed by atoms with Crippen molar-refractivity contribution < 1.29 is 14.1 Å². The maximum Gasteiger partial charge on any atom is 0.260 e. The zero-order valence-electron chi connectivity index (χ0n) is 15.2. The third-order valence-corrected chi connectivity index (χ3v) is 4.03. The summed E-state index contributed by atoms with van der Waals surface area (Å²) in [5.74, 6) is 2.58. The molecule has 1 amide bonds. The van der Waals surface area contributed by atoms with Gasteiger partial charge in [-0.25, -0.2) is 4.98 Å². The number of nitrogens with one attached hydrogen (secondary N) is 1.